The largest absolute Gasteiger partial charge is 0.506 e. The topological polar surface area (TPSA) is 71.5 Å². The number of hydrogen-bond acceptors (Lipinski definition) is 4. The number of nitrogens with one attached hydrogen (secondary N) is 1. The summed E-state index contributed by atoms with van der Waals surface area (Å²) < 4.78 is 5.25. The molecule has 2 N–H and O–H groups in total. The summed E-state index contributed by atoms with van der Waals surface area (Å²) in [6.07, 6.45) is 3.15. The van der Waals surface area contributed by atoms with Crippen LogP contribution in [0.5, 0.6) is 11.5 Å². The summed E-state index contributed by atoms with van der Waals surface area (Å²) in [5.74, 6) is 0.205. The van der Waals surface area contributed by atoms with E-state index >= 15 is 0 Å². The quantitative estimate of drug-likeness (QED) is 0.824. The number of rotatable bonds is 4. The zero-order valence-corrected chi connectivity index (χ0v) is 10.5. The summed E-state index contributed by atoms with van der Waals surface area (Å²) in [6, 6.07) is 8.42. The van der Waals surface area contributed by atoms with Crippen molar-refractivity contribution in [1.82, 2.24) is 4.98 Å². The van der Waals surface area contributed by atoms with Gasteiger partial charge in [-0.1, -0.05) is 6.07 Å². The predicted molar refractivity (Wildman–Crippen MR) is 71.2 cm³/mol. The normalized spacial score (nSPS) is 9.95. The molecule has 1 heterocycles. The third-order valence-electron chi connectivity index (χ3n) is 2.43. The van der Waals surface area contributed by atoms with Gasteiger partial charge in [-0.3, -0.25) is 9.78 Å². The summed E-state index contributed by atoms with van der Waals surface area (Å²) in [5, 5.41) is 12.2. The van der Waals surface area contributed by atoms with Crippen molar-refractivity contribution in [2.24, 2.45) is 0 Å². The van der Waals surface area contributed by atoms with E-state index in [1.165, 1.54) is 12.3 Å². The molecule has 5 nitrogen and oxygen atoms in total. The smallest absolute Gasteiger partial charge is 0.262 e. The molecule has 1 aromatic heterocycles. The summed E-state index contributed by atoms with van der Waals surface area (Å²) in [4.78, 5) is 15.6. The Morgan fingerprint density at radius 1 is 1.42 bits per heavy atom. The van der Waals surface area contributed by atoms with Gasteiger partial charge in [0, 0.05) is 6.20 Å². The van der Waals surface area contributed by atoms with E-state index in [2.05, 4.69) is 10.3 Å². The van der Waals surface area contributed by atoms with Crippen LogP contribution in [0.15, 0.2) is 42.7 Å². The lowest BCUT2D eigenvalue weighted by Crippen LogP contribution is -2.20. The van der Waals surface area contributed by atoms with E-state index in [0.29, 0.717) is 11.4 Å². The fraction of sp³-hybridized carbons (Fsp3) is 0.143. The zero-order valence-electron chi connectivity index (χ0n) is 10.5. The maximum absolute atomic E-state index is 11.7. The van der Waals surface area contributed by atoms with Crippen LogP contribution < -0.4 is 10.1 Å². The number of aryl methyl sites for hydroxylation is 1. The second-order valence-corrected chi connectivity index (χ2v) is 4.05. The van der Waals surface area contributed by atoms with Crippen molar-refractivity contribution >= 4 is 11.6 Å². The van der Waals surface area contributed by atoms with Gasteiger partial charge in [0.15, 0.2) is 6.61 Å². The number of amides is 1. The first kappa shape index (κ1) is 12.9. The van der Waals surface area contributed by atoms with Crippen LogP contribution in [0, 0.1) is 6.92 Å². The molecule has 0 unspecified atom stereocenters. The Morgan fingerprint density at radius 3 is 3.00 bits per heavy atom. The zero-order chi connectivity index (χ0) is 13.7. The fourth-order valence-electron chi connectivity index (χ4n) is 1.52. The van der Waals surface area contributed by atoms with E-state index in [1.54, 1.807) is 30.5 Å². The number of carbonyl (C=O) groups excluding carboxylic acids is 1. The molecule has 0 saturated carbocycles. The van der Waals surface area contributed by atoms with Crippen LogP contribution in [-0.4, -0.2) is 22.6 Å². The van der Waals surface area contributed by atoms with Crippen LogP contribution in [-0.2, 0) is 4.79 Å². The predicted octanol–water partition coefficient (Wildman–Crippen LogP) is 2.11. The van der Waals surface area contributed by atoms with Gasteiger partial charge in [-0.25, -0.2) is 0 Å². The van der Waals surface area contributed by atoms with Crippen LogP contribution in [0.3, 0.4) is 0 Å². The summed E-state index contributed by atoms with van der Waals surface area (Å²) in [7, 11) is 0. The van der Waals surface area contributed by atoms with Gasteiger partial charge in [0.25, 0.3) is 5.91 Å². The van der Waals surface area contributed by atoms with Crippen molar-refractivity contribution in [2.45, 2.75) is 6.92 Å². The van der Waals surface area contributed by atoms with Gasteiger partial charge in [0.1, 0.15) is 11.5 Å². The summed E-state index contributed by atoms with van der Waals surface area (Å²) >= 11 is 0. The Kier molecular flexibility index (Phi) is 3.97. The summed E-state index contributed by atoms with van der Waals surface area (Å²) in [6.45, 7) is 1.74. The molecule has 0 radical (unpaired) electrons. The molecule has 2 rings (SSSR count). The van der Waals surface area contributed by atoms with Crippen LogP contribution in [0.25, 0.3) is 0 Å². The lowest BCUT2D eigenvalue weighted by atomic mass is 10.2. The number of benzene rings is 1. The highest BCUT2D eigenvalue weighted by molar-refractivity contribution is 5.93. The van der Waals surface area contributed by atoms with Gasteiger partial charge in [0.05, 0.1) is 11.9 Å². The van der Waals surface area contributed by atoms with Crippen molar-refractivity contribution in [3.05, 3.63) is 48.3 Å². The highest BCUT2D eigenvalue weighted by Gasteiger charge is 2.07. The molecule has 19 heavy (non-hydrogen) atoms. The maximum atomic E-state index is 11.7. The molecule has 0 aliphatic rings. The SMILES string of the molecule is Cc1ccc(O)c(NC(=O)COc2cccnc2)c1. The van der Waals surface area contributed by atoms with Gasteiger partial charge in [-0.05, 0) is 36.8 Å². The molecule has 0 bridgehead atoms. The number of carbonyl (C=O) groups is 1. The molecule has 2 aromatic rings. The van der Waals surface area contributed by atoms with Crippen LogP contribution in [0.2, 0.25) is 0 Å². The third-order valence-corrected chi connectivity index (χ3v) is 2.43. The first-order chi connectivity index (χ1) is 9.15. The third kappa shape index (κ3) is 3.70. The Labute approximate surface area is 110 Å². The van der Waals surface area contributed by atoms with Crippen LogP contribution in [0.4, 0.5) is 5.69 Å². The van der Waals surface area contributed by atoms with Gasteiger partial charge in [0.2, 0.25) is 0 Å². The molecule has 0 atom stereocenters. The standard InChI is InChI=1S/C14H14N2O3/c1-10-4-5-13(17)12(7-10)16-14(18)9-19-11-3-2-6-15-8-11/h2-8,17H,9H2,1H3,(H,16,18). The molecular formula is C14H14N2O3. The molecule has 0 aliphatic heterocycles. The van der Waals surface area contributed by atoms with E-state index in [4.69, 9.17) is 4.74 Å². The highest BCUT2D eigenvalue weighted by Crippen LogP contribution is 2.23. The highest BCUT2D eigenvalue weighted by atomic mass is 16.5. The van der Waals surface area contributed by atoms with Gasteiger partial charge in [-0.15, -0.1) is 0 Å². The van der Waals surface area contributed by atoms with Crippen LogP contribution in [0.1, 0.15) is 5.56 Å². The van der Waals surface area contributed by atoms with Crippen molar-refractivity contribution in [3.63, 3.8) is 0 Å². The first-order valence-corrected chi connectivity index (χ1v) is 5.77. The van der Waals surface area contributed by atoms with E-state index in [0.717, 1.165) is 5.56 Å². The lowest BCUT2D eigenvalue weighted by Gasteiger charge is -2.09. The molecule has 1 amide bonds. The number of nitrogens with zero attached hydrogens (tertiary/aromatic N) is 1. The maximum Gasteiger partial charge on any atom is 0.262 e. The minimum atomic E-state index is -0.343. The number of aromatic hydroxyl groups is 1. The molecule has 0 saturated heterocycles. The number of pyridine rings is 1. The fourth-order valence-corrected chi connectivity index (χ4v) is 1.52. The van der Waals surface area contributed by atoms with E-state index in [9.17, 15) is 9.90 Å². The Morgan fingerprint density at radius 2 is 2.26 bits per heavy atom. The second-order valence-electron chi connectivity index (χ2n) is 4.05. The number of ether oxygens (including phenoxy) is 1. The van der Waals surface area contributed by atoms with Crippen molar-refractivity contribution in [1.29, 1.82) is 0 Å². The molecule has 1 aromatic carbocycles. The number of phenolic OH excluding ortho intramolecular Hbond substituents is 1. The molecular weight excluding hydrogens is 244 g/mol. The Hall–Kier alpha value is -2.56. The van der Waals surface area contributed by atoms with Crippen LogP contribution >= 0.6 is 0 Å². The average molecular weight is 258 g/mol. The number of aromatic nitrogens is 1. The van der Waals surface area contributed by atoms with E-state index < -0.39 is 0 Å². The van der Waals surface area contributed by atoms with E-state index in [-0.39, 0.29) is 18.3 Å². The summed E-state index contributed by atoms with van der Waals surface area (Å²) in [5.41, 5.74) is 1.32. The van der Waals surface area contributed by atoms with Gasteiger partial charge < -0.3 is 15.2 Å². The van der Waals surface area contributed by atoms with E-state index in [1.807, 2.05) is 6.92 Å². The van der Waals surface area contributed by atoms with Gasteiger partial charge in [-0.2, -0.15) is 0 Å². The first-order valence-electron chi connectivity index (χ1n) is 5.77. The average Bonchev–Trinajstić information content (AvgIpc) is 2.42. The lowest BCUT2D eigenvalue weighted by molar-refractivity contribution is -0.118. The minimum absolute atomic E-state index is 0.0281. The number of hydrogen-bond donors (Lipinski definition) is 2. The van der Waals surface area contributed by atoms with Crippen molar-refractivity contribution in [3.8, 4) is 11.5 Å². The monoisotopic (exact) mass is 258 g/mol. The number of anilines is 1. The Balaban J connectivity index is 1.93. The molecule has 5 heteroatoms. The molecule has 98 valence electrons. The Bertz CT molecular complexity index is 570. The van der Waals surface area contributed by atoms with Crippen molar-refractivity contribution in [2.75, 3.05) is 11.9 Å². The second kappa shape index (κ2) is 5.86. The molecule has 0 spiro atoms. The van der Waals surface area contributed by atoms with Gasteiger partial charge >= 0.3 is 0 Å². The van der Waals surface area contributed by atoms with Crippen molar-refractivity contribution < 1.29 is 14.6 Å². The minimum Gasteiger partial charge on any atom is -0.506 e. The molecule has 0 aliphatic carbocycles. The molecule has 0 fully saturated rings. The number of phenols is 1.